The number of methoxy groups -OCH3 is 2. The summed E-state index contributed by atoms with van der Waals surface area (Å²) in [5.41, 5.74) is 1.10. The quantitative estimate of drug-likeness (QED) is 0.875. The van der Waals surface area contributed by atoms with Gasteiger partial charge in [-0.05, 0) is 24.3 Å². The Morgan fingerprint density at radius 3 is 2.69 bits per heavy atom. The third-order valence-corrected chi connectivity index (χ3v) is 3.85. The third-order valence-electron chi connectivity index (χ3n) is 2.68. The van der Waals surface area contributed by atoms with Gasteiger partial charge in [0.1, 0.15) is 0 Å². The van der Waals surface area contributed by atoms with E-state index in [-0.39, 0.29) is 0 Å². The molecule has 2 rings (SSSR count). The molecule has 1 fully saturated rings. The highest BCUT2D eigenvalue weighted by Crippen LogP contribution is 2.31. The molecule has 0 radical (unpaired) electrons. The molecule has 0 bridgehead atoms. The lowest BCUT2D eigenvalue weighted by Gasteiger charge is -2.15. The first-order valence-corrected chi connectivity index (χ1v) is 6.55. The lowest BCUT2D eigenvalue weighted by atomic mass is 10.2. The Morgan fingerprint density at radius 2 is 2.06 bits per heavy atom. The van der Waals surface area contributed by atoms with E-state index in [0.29, 0.717) is 6.04 Å². The average Bonchev–Trinajstić information content (AvgIpc) is 2.81. The Hall–Kier alpha value is -1.03. The van der Waals surface area contributed by atoms with Crippen LogP contribution < -0.4 is 14.8 Å². The monoisotopic (exact) mass is 239 g/mol. The Kier molecular flexibility index (Phi) is 3.83. The SMILES string of the molecule is COc1ccc(NC2CCSC2)cc1OC. The number of hydrogen-bond donors (Lipinski definition) is 1. The van der Waals surface area contributed by atoms with Gasteiger partial charge in [-0.3, -0.25) is 0 Å². The molecule has 88 valence electrons. The van der Waals surface area contributed by atoms with Crippen LogP contribution in [0.25, 0.3) is 0 Å². The number of thioether (sulfide) groups is 1. The molecule has 1 atom stereocenters. The highest BCUT2D eigenvalue weighted by atomic mass is 32.2. The van der Waals surface area contributed by atoms with E-state index in [0.717, 1.165) is 17.2 Å². The number of hydrogen-bond acceptors (Lipinski definition) is 4. The molecule has 1 aromatic rings. The van der Waals surface area contributed by atoms with Crippen molar-refractivity contribution in [3.63, 3.8) is 0 Å². The molecular weight excluding hydrogens is 222 g/mol. The molecule has 1 heterocycles. The second-order valence-corrected chi connectivity index (χ2v) is 4.92. The van der Waals surface area contributed by atoms with E-state index in [4.69, 9.17) is 9.47 Å². The summed E-state index contributed by atoms with van der Waals surface area (Å²) in [7, 11) is 3.31. The van der Waals surface area contributed by atoms with Crippen molar-refractivity contribution in [1.82, 2.24) is 0 Å². The van der Waals surface area contributed by atoms with Crippen molar-refractivity contribution in [2.24, 2.45) is 0 Å². The Bertz CT molecular complexity index is 351. The first-order valence-electron chi connectivity index (χ1n) is 5.40. The minimum Gasteiger partial charge on any atom is -0.493 e. The highest BCUT2D eigenvalue weighted by molar-refractivity contribution is 7.99. The molecular formula is C12H17NO2S. The summed E-state index contributed by atoms with van der Waals surface area (Å²) in [6.07, 6.45) is 1.24. The van der Waals surface area contributed by atoms with Crippen LogP contribution in [0.1, 0.15) is 6.42 Å². The molecule has 1 saturated heterocycles. The van der Waals surface area contributed by atoms with Crippen molar-refractivity contribution in [2.45, 2.75) is 12.5 Å². The van der Waals surface area contributed by atoms with E-state index in [9.17, 15) is 0 Å². The normalized spacial score (nSPS) is 19.5. The van der Waals surface area contributed by atoms with Crippen molar-refractivity contribution in [2.75, 3.05) is 31.0 Å². The maximum atomic E-state index is 5.27. The molecule has 0 saturated carbocycles. The van der Waals surface area contributed by atoms with Gasteiger partial charge in [0.2, 0.25) is 0 Å². The maximum Gasteiger partial charge on any atom is 0.162 e. The Labute approximate surface area is 101 Å². The van der Waals surface area contributed by atoms with Crippen LogP contribution in [0.15, 0.2) is 18.2 Å². The predicted molar refractivity (Wildman–Crippen MR) is 68.9 cm³/mol. The van der Waals surface area contributed by atoms with E-state index in [2.05, 4.69) is 5.32 Å². The predicted octanol–water partition coefficient (Wildman–Crippen LogP) is 2.62. The van der Waals surface area contributed by atoms with Crippen LogP contribution in [0.4, 0.5) is 5.69 Å². The van der Waals surface area contributed by atoms with Crippen molar-refractivity contribution in [3.05, 3.63) is 18.2 Å². The fourth-order valence-electron chi connectivity index (χ4n) is 1.81. The molecule has 4 heteroatoms. The van der Waals surface area contributed by atoms with Crippen molar-refractivity contribution >= 4 is 17.4 Å². The van der Waals surface area contributed by atoms with Crippen molar-refractivity contribution in [1.29, 1.82) is 0 Å². The topological polar surface area (TPSA) is 30.5 Å². The minimum atomic E-state index is 0.586. The molecule has 1 aliphatic heterocycles. The van der Waals surface area contributed by atoms with Crippen LogP contribution in [-0.4, -0.2) is 31.8 Å². The second-order valence-electron chi connectivity index (χ2n) is 3.77. The van der Waals surface area contributed by atoms with Gasteiger partial charge in [0.05, 0.1) is 14.2 Å². The lowest BCUT2D eigenvalue weighted by Crippen LogP contribution is -2.17. The summed E-state index contributed by atoms with van der Waals surface area (Å²) in [6.45, 7) is 0. The summed E-state index contributed by atoms with van der Waals surface area (Å²) in [5.74, 6) is 3.99. The first kappa shape index (κ1) is 11.5. The van der Waals surface area contributed by atoms with Crippen molar-refractivity contribution < 1.29 is 9.47 Å². The largest absolute Gasteiger partial charge is 0.493 e. The lowest BCUT2D eigenvalue weighted by molar-refractivity contribution is 0.355. The van der Waals surface area contributed by atoms with Gasteiger partial charge >= 0.3 is 0 Å². The molecule has 1 unspecified atom stereocenters. The number of benzene rings is 1. The van der Waals surface area contributed by atoms with Gasteiger partial charge in [-0.25, -0.2) is 0 Å². The van der Waals surface area contributed by atoms with Crippen LogP contribution in [0.2, 0.25) is 0 Å². The molecule has 16 heavy (non-hydrogen) atoms. The van der Waals surface area contributed by atoms with Crippen molar-refractivity contribution in [3.8, 4) is 11.5 Å². The molecule has 1 aliphatic rings. The minimum absolute atomic E-state index is 0.586. The summed E-state index contributed by atoms with van der Waals surface area (Å²) < 4.78 is 10.5. The zero-order chi connectivity index (χ0) is 11.4. The van der Waals surface area contributed by atoms with Gasteiger partial charge in [0, 0.05) is 23.5 Å². The number of rotatable bonds is 4. The van der Waals surface area contributed by atoms with Gasteiger partial charge in [-0.15, -0.1) is 0 Å². The standard InChI is InChI=1S/C12H17NO2S/c1-14-11-4-3-9(7-12(11)15-2)13-10-5-6-16-8-10/h3-4,7,10,13H,5-6,8H2,1-2H3. The van der Waals surface area contributed by atoms with Gasteiger partial charge in [0.15, 0.2) is 11.5 Å². The summed E-state index contributed by atoms with van der Waals surface area (Å²) in [5, 5.41) is 3.51. The van der Waals surface area contributed by atoms with Crippen LogP contribution in [0, 0.1) is 0 Å². The summed E-state index contributed by atoms with van der Waals surface area (Å²) in [4.78, 5) is 0. The Morgan fingerprint density at radius 1 is 1.25 bits per heavy atom. The van der Waals surface area contributed by atoms with E-state index in [1.54, 1.807) is 14.2 Å². The van der Waals surface area contributed by atoms with Crippen LogP contribution >= 0.6 is 11.8 Å². The molecule has 1 N–H and O–H groups in total. The third kappa shape index (κ3) is 2.55. The number of ether oxygens (including phenoxy) is 2. The van der Waals surface area contributed by atoms with Crippen LogP contribution in [0.5, 0.6) is 11.5 Å². The maximum absolute atomic E-state index is 5.27. The van der Waals surface area contributed by atoms with E-state index >= 15 is 0 Å². The molecule has 0 amide bonds. The smallest absolute Gasteiger partial charge is 0.162 e. The van der Waals surface area contributed by atoms with Gasteiger partial charge < -0.3 is 14.8 Å². The van der Waals surface area contributed by atoms with Gasteiger partial charge in [-0.2, -0.15) is 11.8 Å². The number of anilines is 1. The molecule has 1 aromatic carbocycles. The molecule has 0 aliphatic carbocycles. The molecule has 3 nitrogen and oxygen atoms in total. The summed E-state index contributed by atoms with van der Waals surface area (Å²) >= 11 is 2.00. The van der Waals surface area contributed by atoms with E-state index in [1.807, 2.05) is 30.0 Å². The average molecular weight is 239 g/mol. The zero-order valence-corrected chi connectivity index (χ0v) is 10.5. The number of nitrogens with one attached hydrogen (secondary N) is 1. The second kappa shape index (κ2) is 5.34. The fourth-order valence-corrected chi connectivity index (χ4v) is 2.96. The fraction of sp³-hybridized carbons (Fsp3) is 0.500. The zero-order valence-electron chi connectivity index (χ0n) is 9.66. The van der Waals surface area contributed by atoms with Gasteiger partial charge in [-0.1, -0.05) is 0 Å². The van der Waals surface area contributed by atoms with Crippen LogP contribution in [-0.2, 0) is 0 Å². The highest BCUT2D eigenvalue weighted by Gasteiger charge is 2.15. The Balaban J connectivity index is 2.09. The summed E-state index contributed by atoms with van der Waals surface area (Å²) in [6, 6.07) is 6.54. The van der Waals surface area contributed by atoms with Crippen LogP contribution in [0.3, 0.4) is 0 Å². The first-order chi connectivity index (χ1) is 7.83. The van der Waals surface area contributed by atoms with Gasteiger partial charge in [0.25, 0.3) is 0 Å². The molecule has 0 aromatic heterocycles. The van der Waals surface area contributed by atoms with E-state index in [1.165, 1.54) is 17.9 Å². The van der Waals surface area contributed by atoms with E-state index < -0.39 is 0 Å². The molecule has 0 spiro atoms.